The molecule has 0 saturated carbocycles. The van der Waals surface area contributed by atoms with Crippen LogP contribution in [0.1, 0.15) is 19.3 Å². The van der Waals surface area contributed by atoms with Crippen LogP contribution in [-0.4, -0.2) is 33.5 Å². The highest BCUT2D eigenvalue weighted by atomic mass is 35.5. The molecule has 1 fully saturated rings. The molecule has 1 aromatic carbocycles. The molecule has 1 atom stereocenters. The van der Waals surface area contributed by atoms with Crippen molar-refractivity contribution in [3.63, 3.8) is 0 Å². The highest BCUT2D eigenvalue weighted by molar-refractivity contribution is 6.32. The molecule has 0 aromatic heterocycles. The first-order chi connectivity index (χ1) is 9.24. The van der Waals surface area contributed by atoms with Gasteiger partial charge in [-0.25, -0.2) is 0 Å². The first-order valence-electron chi connectivity index (χ1n) is 6.51. The molecule has 1 aromatic rings. The van der Waals surface area contributed by atoms with Crippen molar-refractivity contribution >= 4 is 17.3 Å². The Morgan fingerprint density at radius 3 is 2.74 bits per heavy atom. The summed E-state index contributed by atoms with van der Waals surface area (Å²) in [4.78, 5) is 0. The quantitative estimate of drug-likeness (QED) is 0.870. The first-order valence-corrected chi connectivity index (χ1v) is 6.89. The number of rotatable bonds is 6. The summed E-state index contributed by atoms with van der Waals surface area (Å²) in [6.45, 7) is 1.73. The van der Waals surface area contributed by atoms with Crippen LogP contribution in [0.15, 0.2) is 12.1 Å². The van der Waals surface area contributed by atoms with Gasteiger partial charge in [0.1, 0.15) is 11.5 Å². The Bertz CT molecular complexity index is 419. The third-order valence-electron chi connectivity index (χ3n) is 3.28. The summed E-state index contributed by atoms with van der Waals surface area (Å²) in [7, 11) is 3.22. The Morgan fingerprint density at radius 2 is 2.11 bits per heavy atom. The molecule has 19 heavy (non-hydrogen) atoms. The third kappa shape index (κ3) is 3.67. The van der Waals surface area contributed by atoms with Gasteiger partial charge in [-0.2, -0.15) is 0 Å². The second-order valence-electron chi connectivity index (χ2n) is 4.54. The topological polar surface area (TPSA) is 39.7 Å². The van der Waals surface area contributed by atoms with E-state index in [1.807, 2.05) is 6.07 Å². The molecule has 1 saturated heterocycles. The number of hydrogen-bond donors (Lipinski definition) is 1. The summed E-state index contributed by atoms with van der Waals surface area (Å²) in [6.07, 6.45) is 3.70. The molecule has 0 bridgehead atoms. The van der Waals surface area contributed by atoms with E-state index in [0.717, 1.165) is 37.4 Å². The van der Waals surface area contributed by atoms with Crippen molar-refractivity contribution in [3.05, 3.63) is 17.2 Å². The number of nitrogens with one attached hydrogen (secondary N) is 1. The monoisotopic (exact) mass is 285 g/mol. The zero-order valence-electron chi connectivity index (χ0n) is 11.4. The molecule has 1 unspecified atom stereocenters. The van der Waals surface area contributed by atoms with Crippen molar-refractivity contribution in [2.45, 2.75) is 25.4 Å². The van der Waals surface area contributed by atoms with Gasteiger partial charge < -0.3 is 19.5 Å². The van der Waals surface area contributed by atoms with Gasteiger partial charge >= 0.3 is 0 Å². The van der Waals surface area contributed by atoms with Gasteiger partial charge in [-0.05, 0) is 25.3 Å². The van der Waals surface area contributed by atoms with E-state index in [4.69, 9.17) is 25.8 Å². The van der Waals surface area contributed by atoms with Gasteiger partial charge in [-0.15, -0.1) is 0 Å². The molecule has 106 valence electrons. The summed E-state index contributed by atoms with van der Waals surface area (Å²) in [5.74, 6) is 1.34. The number of methoxy groups -OCH3 is 2. The summed E-state index contributed by atoms with van der Waals surface area (Å²) in [6, 6.07) is 3.62. The van der Waals surface area contributed by atoms with E-state index in [2.05, 4.69) is 5.32 Å². The molecular formula is C14H20ClNO3. The number of hydrogen-bond acceptors (Lipinski definition) is 4. The zero-order chi connectivity index (χ0) is 13.7. The Kier molecular flexibility index (Phi) is 5.16. The lowest BCUT2D eigenvalue weighted by Crippen LogP contribution is -2.12. The van der Waals surface area contributed by atoms with Crippen LogP contribution >= 0.6 is 11.6 Å². The van der Waals surface area contributed by atoms with Crippen molar-refractivity contribution < 1.29 is 14.2 Å². The molecule has 0 amide bonds. The Balaban J connectivity index is 1.96. The van der Waals surface area contributed by atoms with Gasteiger partial charge in [0.15, 0.2) is 0 Å². The fraction of sp³-hybridized carbons (Fsp3) is 0.571. The summed E-state index contributed by atoms with van der Waals surface area (Å²) in [5.41, 5.74) is 0.881. The Morgan fingerprint density at radius 1 is 1.32 bits per heavy atom. The maximum Gasteiger partial charge on any atom is 0.145 e. The van der Waals surface area contributed by atoms with Crippen LogP contribution in [0.3, 0.4) is 0 Å². The van der Waals surface area contributed by atoms with Crippen LogP contribution in [0.25, 0.3) is 0 Å². The minimum atomic E-state index is 0.382. The van der Waals surface area contributed by atoms with Crippen molar-refractivity contribution in [1.82, 2.24) is 0 Å². The average Bonchev–Trinajstić information content (AvgIpc) is 2.92. The predicted molar refractivity (Wildman–Crippen MR) is 76.6 cm³/mol. The molecule has 0 radical (unpaired) electrons. The zero-order valence-corrected chi connectivity index (χ0v) is 12.1. The second-order valence-corrected chi connectivity index (χ2v) is 4.94. The molecule has 1 aliphatic rings. The summed E-state index contributed by atoms with van der Waals surface area (Å²) >= 11 is 6.12. The maximum atomic E-state index is 6.12. The molecule has 0 spiro atoms. The number of anilines is 1. The molecular weight excluding hydrogens is 266 g/mol. The standard InChI is InChI=1S/C14H20ClNO3/c1-17-13-9-14(18-2)12(8-11(13)15)16-6-5-10-4-3-7-19-10/h8-10,16H,3-7H2,1-2H3. The van der Waals surface area contributed by atoms with Crippen LogP contribution < -0.4 is 14.8 Å². The smallest absolute Gasteiger partial charge is 0.145 e. The molecule has 1 N–H and O–H groups in total. The van der Waals surface area contributed by atoms with E-state index in [1.54, 1.807) is 20.3 Å². The van der Waals surface area contributed by atoms with Gasteiger partial charge in [0.05, 0.1) is 31.0 Å². The lowest BCUT2D eigenvalue weighted by Gasteiger charge is -2.15. The Hall–Kier alpha value is -1.13. The molecule has 4 nitrogen and oxygen atoms in total. The van der Waals surface area contributed by atoms with Crippen LogP contribution in [0.2, 0.25) is 5.02 Å². The molecule has 5 heteroatoms. The van der Waals surface area contributed by atoms with Gasteiger partial charge in [-0.1, -0.05) is 11.6 Å². The van der Waals surface area contributed by atoms with Gasteiger partial charge in [0.25, 0.3) is 0 Å². The second kappa shape index (κ2) is 6.87. The van der Waals surface area contributed by atoms with E-state index < -0.39 is 0 Å². The van der Waals surface area contributed by atoms with Crippen LogP contribution in [-0.2, 0) is 4.74 Å². The summed E-state index contributed by atoms with van der Waals surface area (Å²) < 4.78 is 16.1. The third-order valence-corrected chi connectivity index (χ3v) is 3.58. The molecule has 1 aliphatic heterocycles. The molecule has 2 rings (SSSR count). The molecule has 1 heterocycles. The van der Waals surface area contributed by atoms with Crippen molar-refractivity contribution in [2.24, 2.45) is 0 Å². The van der Waals surface area contributed by atoms with Crippen LogP contribution in [0.5, 0.6) is 11.5 Å². The first kappa shape index (κ1) is 14.3. The predicted octanol–water partition coefficient (Wildman–Crippen LogP) is 3.34. The lowest BCUT2D eigenvalue weighted by atomic mass is 10.2. The van der Waals surface area contributed by atoms with Crippen LogP contribution in [0, 0.1) is 0 Å². The molecule has 0 aliphatic carbocycles. The van der Waals surface area contributed by atoms with Crippen molar-refractivity contribution in [3.8, 4) is 11.5 Å². The van der Waals surface area contributed by atoms with E-state index in [9.17, 15) is 0 Å². The maximum absolute atomic E-state index is 6.12. The summed E-state index contributed by atoms with van der Waals surface area (Å²) in [5, 5.41) is 3.91. The lowest BCUT2D eigenvalue weighted by molar-refractivity contribution is 0.107. The number of halogens is 1. The van der Waals surface area contributed by atoms with E-state index in [-0.39, 0.29) is 0 Å². The van der Waals surface area contributed by atoms with Gasteiger partial charge in [0.2, 0.25) is 0 Å². The average molecular weight is 286 g/mol. The minimum Gasteiger partial charge on any atom is -0.495 e. The van der Waals surface area contributed by atoms with E-state index in [0.29, 0.717) is 16.9 Å². The number of benzene rings is 1. The Labute approximate surface area is 119 Å². The van der Waals surface area contributed by atoms with Crippen molar-refractivity contribution in [1.29, 1.82) is 0 Å². The highest BCUT2D eigenvalue weighted by Gasteiger charge is 2.15. The van der Waals surface area contributed by atoms with Gasteiger partial charge in [-0.3, -0.25) is 0 Å². The fourth-order valence-electron chi connectivity index (χ4n) is 2.24. The largest absolute Gasteiger partial charge is 0.495 e. The normalized spacial score (nSPS) is 18.4. The van der Waals surface area contributed by atoms with Crippen LogP contribution in [0.4, 0.5) is 5.69 Å². The minimum absolute atomic E-state index is 0.382. The van der Waals surface area contributed by atoms with Gasteiger partial charge in [0, 0.05) is 19.2 Å². The number of ether oxygens (including phenoxy) is 3. The van der Waals surface area contributed by atoms with Crippen molar-refractivity contribution in [2.75, 3.05) is 32.7 Å². The van der Waals surface area contributed by atoms with E-state index >= 15 is 0 Å². The fourth-order valence-corrected chi connectivity index (χ4v) is 2.48. The highest BCUT2D eigenvalue weighted by Crippen LogP contribution is 2.35. The SMILES string of the molecule is COc1cc(OC)c(NCCC2CCCO2)cc1Cl. The van der Waals surface area contributed by atoms with E-state index in [1.165, 1.54) is 6.42 Å².